The number of anilines is 2. The van der Waals surface area contributed by atoms with Gasteiger partial charge in [-0.1, -0.05) is 0 Å². The minimum absolute atomic E-state index is 0.229. The summed E-state index contributed by atoms with van der Waals surface area (Å²) in [6.45, 7) is 1.71. The van der Waals surface area contributed by atoms with Gasteiger partial charge in [-0.15, -0.1) is 0 Å². The zero-order valence-electron chi connectivity index (χ0n) is 19.5. The summed E-state index contributed by atoms with van der Waals surface area (Å²) >= 11 is 0. The van der Waals surface area contributed by atoms with Gasteiger partial charge in [-0.05, 0) is 41.5 Å². The fourth-order valence-corrected chi connectivity index (χ4v) is 5.88. The number of nitrogens with zero attached hydrogens (tertiary/aromatic N) is 6. The number of nitrogens with one attached hydrogen (secondary N) is 1. The SMILES string of the molecule is CNc1cc(F)cc2c1Cc1nc(Oc3cnc4c(c3)ncn4C)nc(N3CC4C[C@@H](N)C4C3)c1-2. The van der Waals surface area contributed by atoms with Crippen LogP contribution in [-0.4, -0.2) is 50.7 Å². The minimum Gasteiger partial charge on any atom is -0.423 e. The standard InChI is InChI=1S/C25H25FN8O/c1-28-19-5-13(26)4-16-15(19)7-20-22(16)24(34-9-12-3-18(27)17(12)10-34)32-25(31-20)35-14-6-21-23(29-8-14)33(2)11-30-21/h4-6,8,11-12,17-18,28H,3,7,9-10,27H2,1-2H3/t12?,17?,18-/m1/s1. The normalized spacial score (nSPS) is 22.1. The lowest BCUT2D eigenvalue weighted by Gasteiger charge is -2.36. The van der Waals surface area contributed by atoms with Crippen LogP contribution >= 0.6 is 0 Å². The Labute approximate surface area is 201 Å². The largest absolute Gasteiger partial charge is 0.423 e. The lowest BCUT2D eigenvalue weighted by atomic mass is 9.72. The molecule has 0 amide bonds. The first-order valence-electron chi connectivity index (χ1n) is 11.9. The van der Waals surface area contributed by atoms with E-state index in [-0.39, 0.29) is 17.9 Å². The van der Waals surface area contributed by atoms with Crippen LogP contribution in [0.2, 0.25) is 0 Å². The Kier molecular flexibility index (Phi) is 4.32. The molecular formula is C25H25FN8O. The Hall–Kier alpha value is -3.79. The van der Waals surface area contributed by atoms with Crippen LogP contribution in [0, 0.1) is 17.7 Å². The molecule has 7 rings (SSSR count). The molecule has 3 aliphatic rings. The van der Waals surface area contributed by atoms with Crippen LogP contribution in [0.1, 0.15) is 17.7 Å². The summed E-state index contributed by atoms with van der Waals surface area (Å²) in [5.41, 5.74) is 12.1. The number of fused-ring (bicyclic) bond motifs is 5. The van der Waals surface area contributed by atoms with Crippen LogP contribution in [0.15, 0.2) is 30.7 Å². The van der Waals surface area contributed by atoms with E-state index in [9.17, 15) is 4.39 Å². The molecule has 1 aromatic carbocycles. The highest BCUT2D eigenvalue weighted by Gasteiger charge is 2.46. The van der Waals surface area contributed by atoms with Crippen molar-refractivity contribution in [3.63, 3.8) is 0 Å². The zero-order valence-corrected chi connectivity index (χ0v) is 19.5. The number of aryl methyl sites for hydroxylation is 1. The van der Waals surface area contributed by atoms with Gasteiger partial charge >= 0.3 is 6.01 Å². The Morgan fingerprint density at radius 2 is 2.06 bits per heavy atom. The van der Waals surface area contributed by atoms with Gasteiger partial charge in [0.15, 0.2) is 11.4 Å². The van der Waals surface area contributed by atoms with Crippen molar-refractivity contribution in [2.24, 2.45) is 24.6 Å². The lowest BCUT2D eigenvalue weighted by molar-refractivity contribution is 0.194. The van der Waals surface area contributed by atoms with Crippen molar-refractivity contribution in [1.82, 2.24) is 24.5 Å². The predicted molar refractivity (Wildman–Crippen MR) is 130 cm³/mol. The van der Waals surface area contributed by atoms with Crippen LogP contribution in [0.5, 0.6) is 11.8 Å². The molecule has 9 nitrogen and oxygen atoms in total. The molecule has 4 heterocycles. The second-order valence-corrected chi connectivity index (χ2v) is 9.76. The summed E-state index contributed by atoms with van der Waals surface area (Å²) in [6, 6.07) is 5.42. The van der Waals surface area contributed by atoms with E-state index < -0.39 is 0 Å². The molecule has 4 aromatic rings. The molecule has 0 bridgehead atoms. The maximum atomic E-state index is 14.5. The number of aromatic nitrogens is 5. The number of nitrogens with two attached hydrogens (primary N) is 1. The number of ether oxygens (including phenoxy) is 1. The summed E-state index contributed by atoms with van der Waals surface area (Å²) in [4.78, 5) is 20.7. The van der Waals surface area contributed by atoms with Gasteiger partial charge in [0.25, 0.3) is 0 Å². The average molecular weight is 473 g/mol. The van der Waals surface area contributed by atoms with E-state index in [2.05, 4.69) is 20.2 Å². The van der Waals surface area contributed by atoms with E-state index in [1.807, 2.05) is 17.7 Å². The maximum Gasteiger partial charge on any atom is 0.324 e. The summed E-state index contributed by atoms with van der Waals surface area (Å²) < 4.78 is 22.5. The van der Waals surface area contributed by atoms with Crippen molar-refractivity contribution >= 4 is 22.7 Å². The molecule has 1 saturated heterocycles. The highest BCUT2D eigenvalue weighted by molar-refractivity contribution is 5.88. The van der Waals surface area contributed by atoms with Crippen molar-refractivity contribution in [3.05, 3.63) is 47.8 Å². The van der Waals surface area contributed by atoms with Gasteiger partial charge in [0.2, 0.25) is 0 Å². The maximum absolute atomic E-state index is 14.5. The summed E-state index contributed by atoms with van der Waals surface area (Å²) in [5.74, 6) is 2.04. The third-order valence-corrected chi connectivity index (χ3v) is 7.69. The monoisotopic (exact) mass is 472 g/mol. The number of halogens is 1. The summed E-state index contributed by atoms with van der Waals surface area (Å²) in [6.07, 6.45) is 4.97. The quantitative estimate of drug-likeness (QED) is 0.411. The van der Waals surface area contributed by atoms with Crippen LogP contribution < -0.4 is 20.7 Å². The van der Waals surface area contributed by atoms with Crippen LogP contribution in [0.25, 0.3) is 22.3 Å². The molecule has 2 unspecified atom stereocenters. The number of imidazole rings is 1. The first-order chi connectivity index (χ1) is 17.0. The van der Waals surface area contributed by atoms with Gasteiger partial charge in [0, 0.05) is 57.0 Å². The highest BCUT2D eigenvalue weighted by Crippen LogP contribution is 2.48. The molecule has 3 atom stereocenters. The number of hydrogen-bond donors (Lipinski definition) is 2. The van der Waals surface area contributed by atoms with E-state index in [0.29, 0.717) is 24.0 Å². The summed E-state index contributed by atoms with van der Waals surface area (Å²) in [5, 5.41) is 3.13. The molecule has 0 spiro atoms. The Morgan fingerprint density at radius 1 is 1.17 bits per heavy atom. The third-order valence-electron chi connectivity index (χ3n) is 7.69. The summed E-state index contributed by atoms with van der Waals surface area (Å²) in [7, 11) is 3.70. The van der Waals surface area contributed by atoms with Crippen molar-refractivity contribution in [1.29, 1.82) is 0 Å². The van der Waals surface area contributed by atoms with E-state index in [4.69, 9.17) is 20.4 Å². The Balaban J connectivity index is 1.33. The highest BCUT2D eigenvalue weighted by atomic mass is 19.1. The van der Waals surface area contributed by atoms with E-state index >= 15 is 0 Å². The van der Waals surface area contributed by atoms with Crippen LogP contribution in [0.4, 0.5) is 15.9 Å². The molecule has 1 aliphatic heterocycles. The fraction of sp³-hybridized carbons (Fsp3) is 0.360. The first-order valence-corrected chi connectivity index (χ1v) is 11.9. The van der Waals surface area contributed by atoms with Crippen molar-refractivity contribution in [2.75, 3.05) is 30.4 Å². The van der Waals surface area contributed by atoms with Crippen molar-refractivity contribution < 1.29 is 9.13 Å². The van der Waals surface area contributed by atoms with Crippen molar-refractivity contribution in [3.8, 4) is 22.9 Å². The molecule has 10 heteroatoms. The van der Waals surface area contributed by atoms with E-state index in [1.54, 1.807) is 25.6 Å². The van der Waals surface area contributed by atoms with Gasteiger partial charge in [0.1, 0.15) is 17.2 Å². The Morgan fingerprint density at radius 3 is 2.86 bits per heavy atom. The number of rotatable bonds is 4. The molecule has 3 aromatic heterocycles. The second kappa shape index (κ2) is 7.35. The molecule has 0 radical (unpaired) electrons. The smallest absolute Gasteiger partial charge is 0.324 e. The topological polar surface area (TPSA) is 107 Å². The zero-order chi connectivity index (χ0) is 23.8. The number of benzene rings is 1. The number of hydrogen-bond acceptors (Lipinski definition) is 8. The van der Waals surface area contributed by atoms with Gasteiger partial charge < -0.3 is 25.3 Å². The van der Waals surface area contributed by atoms with Crippen molar-refractivity contribution in [2.45, 2.75) is 18.9 Å². The molecule has 3 N–H and O–H groups in total. The van der Waals surface area contributed by atoms with Gasteiger partial charge in [0.05, 0.1) is 18.2 Å². The van der Waals surface area contributed by atoms with Crippen LogP contribution in [-0.2, 0) is 13.5 Å². The van der Waals surface area contributed by atoms with E-state index in [0.717, 1.165) is 64.6 Å². The van der Waals surface area contributed by atoms with Gasteiger partial charge in [-0.2, -0.15) is 9.97 Å². The average Bonchev–Trinajstić information content (AvgIpc) is 3.51. The molecular weight excluding hydrogens is 447 g/mol. The molecule has 35 heavy (non-hydrogen) atoms. The van der Waals surface area contributed by atoms with Gasteiger partial charge in [-0.3, -0.25) is 0 Å². The third kappa shape index (κ3) is 3.09. The fourth-order valence-electron chi connectivity index (χ4n) is 5.88. The van der Waals surface area contributed by atoms with E-state index in [1.165, 1.54) is 6.07 Å². The lowest BCUT2D eigenvalue weighted by Crippen LogP contribution is -2.46. The first kappa shape index (κ1) is 20.6. The molecule has 1 saturated carbocycles. The molecule has 178 valence electrons. The van der Waals surface area contributed by atoms with Gasteiger partial charge in [-0.25, -0.2) is 14.4 Å². The minimum atomic E-state index is -0.287. The molecule has 2 fully saturated rings. The van der Waals surface area contributed by atoms with Crippen LogP contribution in [0.3, 0.4) is 0 Å². The molecule has 2 aliphatic carbocycles. The second-order valence-electron chi connectivity index (χ2n) is 9.76. The number of pyridine rings is 1. The predicted octanol–water partition coefficient (Wildman–Crippen LogP) is 3.09. The Bertz CT molecular complexity index is 1500.